The molecule has 4 aromatic rings. The molecule has 0 unspecified atom stereocenters. The van der Waals surface area contributed by atoms with Gasteiger partial charge in [-0.2, -0.15) is 0 Å². The first-order chi connectivity index (χ1) is 12.5. The Hall–Kier alpha value is -2.50. The fourth-order valence-corrected chi connectivity index (χ4v) is 4.29. The maximum atomic E-state index is 12.8. The van der Waals surface area contributed by atoms with Crippen LogP contribution in [0, 0.1) is 13.8 Å². The van der Waals surface area contributed by atoms with Crippen molar-refractivity contribution < 1.29 is 0 Å². The van der Waals surface area contributed by atoms with Crippen LogP contribution in [-0.2, 0) is 6.42 Å². The highest BCUT2D eigenvalue weighted by Gasteiger charge is 2.17. The number of nitrogens with one attached hydrogen (secondary N) is 1. The van der Waals surface area contributed by atoms with Crippen molar-refractivity contribution in [3.05, 3.63) is 79.9 Å². The van der Waals surface area contributed by atoms with Gasteiger partial charge in [0.2, 0.25) is 0 Å². The van der Waals surface area contributed by atoms with Gasteiger partial charge in [-0.3, -0.25) is 9.78 Å². The van der Waals surface area contributed by atoms with E-state index in [0.29, 0.717) is 22.7 Å². The zero-order valence-corrected chi connectivity index (χ0v) is 15.9. The van der Waals surface area contributed by atoms with E-state index in [1.165, 1.54) is 11.3 Å². The number of fused-ring (bicyclic) bond motifs is 1. The summed E-state index contributed by atoms with van der Waals surface area (Å²) in [7, 11) is 0. The second-order valence-electron chi connectivity index (χ2n) is 6.22. The van der Waals surface area contributed by atoms with Gasteiger partial charge in [0.25, 0.3) is 5.56 Å². The molecular weight excluding hydrogens is 366 g/mol. The summed E-state index contributed by atoms with van der Waals surface area (Å²) in [5, 5.41) is 1.27. The Morgan fingerprint density at radius 3 is 2.77 bits per heavy atom. The van der Waals surface area contributed by atoms with Gasteiger partial charge in [-0.15, -0.1) is 11.3 Å². The van der Waals surface area contributed by atoms with Gasteiger partial charge in [-0.1, -0.05) is 29.8 Å². The third-order valence-electron chi connectivity index (χ3n) is 4.24. The zero-order valence-electron chi connectivity index (χ0n) is 14.3. The Balaban J connectivity index is 1.82. The molecule has 0 atom stereocenters. The molecule has 3 heterocycles. The molecule has 4 rings (SSSR count). The molecule has 1 aromatic carbocycles. The molecule has 4 nitrogen and oxygen atoms in total. The zero-order chi connectivity index (χ0) is 18.3. The predicted molar refractivity (Wildman–Crippen MR) is 107 cm³/mol. The molecule has 0 fully saturated rings. The van der Waals surface area contributed by atoms with Crippen molar-refractivity contribution in [1.82, 2.24) is 15.0 Å². The highest BCUT2D eigenvalue weighted by atomic mass is 35.5. The number of aryl methyl sites for hydroxylation is 2. The first kappa shape index (κ1) is 16.9. The van der Waals surface area contributed by atoms with Crippen LogP contribution in [0.15, 0.2) is 47.4 Å². The molecule has 3 aromatic heterocycles. The number of hydrogen-bond acceptors (Lipinski definition) is 4. The SMILES string of the molecule is Cc1ccc(Cc2nc3sc(C)c(-c4cccc(Cl)c4)c3c(=O)[nH]2)cn1. The summed E-state index contributed by atoms with van der Waals surface area (Å²) < 4.78 is 0. The highest BCUT2D eigenvalue weighted by molar-refractivity contribution is 7.19. The summed E-state index contributed by atoms with van der Waals surface area (Å²) >= 11 is 7.66. The molecular formula is C20H16ClN3OS. The summed E-state index contributed by atoms with van der Waals surface area (Å²) in [5.74, 6) is 0.645. The number of halogens is 1. The molecule has 0 radical (unpaired) electrons. The number of aromatic nitrogens is 3. The Morgan fingerprint density at radius 1 is 1.19 bits per heavy atom. The van der Waals surface area contributed by atoms with Crippen LogP contribution in [0.5, 0.6) is 0 Å². The lowest BCUT2D eigenvalue weighted by Gasteiger charge is -2.04. The molecule has 0 saturated carbocycles. The van der Waals surface area contributed by atoms with Crippen molar-refractivity contribution in [3.8, 4) is 11.1 Å². The van der Waals surface area contributed by atoms with Crippen molar-refractivity contribution in [1.29, 1.82) is 0 Å². The Morgan fingerprint density at radius 2 is 2.04 bits per heavy atom. The van der Waals surface area contributed by atoms with Crippen molar-refractivity contribution >= 4 is 33.2 Å². The maximum Gasteiger partial charge on any atom is 0.260 e. The van der Waals surface area contributed by atoms with E-state index in [1.807, 2.05) is 56.4 Å². The van der Waals surface area contributed by atoms with Crippen molar-refractivity contribution in [3.63, 3.8) is 0 Å². The average Bonchev–Trinajstić information content (AvgIpc) is 2.93. The van der Waals surface area contributed by atoms with Gasteiger partial charge in [0.15, 0.2) is 0 Å². The largest absolute Gasteiger partial charge is 0.310 e. The number of nitrogens with zero attached hydrogens (tertiary/aromatic N) is 2. The van der Waals surface area contributed by atoms with Crippen LogP contribution >= 0.6 is 22.9 Å². The van der Waals surface area contributed by atoms with E-state index < -0.39 is 0 Å². The molecule has 0 spiro atoms. The number of aromatic amines is 1. The first-order valence-corrected chi connectivity index (χ1v) is 9.40. The fraction of sp³-hybridized carbons (Fsp3) is 0.150. The van der Waals surface area contributed by atoms with Gasteiger partial charge in [0.05, 0.1) is 5.39 Å². The van der Waals surface area contributed by atoms with E-state index in [0.717, 1.165) is 32.1 Å². The van der Waals surface area contributed by atoms with Gasteiger partial charge in [0, 0.05) is 33.8 Å². The molecule has 1 N–H and O–H groups in total. The van der Waals surface area contributed by atoms with Crippen LogP contribution < -0.4 is 5.56 Å². The molecule has 0 saturated heterocycles. The van der Waals surface area contributed by atoms with Crippen LogP contribution in [-0.4, -0.2) is 15.0 Å². The Kier molecular flexibility index (Phi) is 4.34. The lowest BCUT2D eigenvalue weighted by Crippen LogP contribution is -2.12. The van der Waals surface area contributed by atoms with Gasteiger partial charge >= 0.3 is 0 Å². The quantitative estimate of drug-likeness (QED) is 0.548. The minimum atomic E-state index is -0.121. The monoisotopic (exact) mass is 381 g/mol. The van der Waals surface area contributed by atoms with Crippen LogP contribution in [0.1, 0.15) is 22.0 Å². The number of benzene rings is 1. The van der Waals surface area contributed by atoms with E-state index in [9.17, 15) is 4.79 Å². The summed E-state index contributed by atoms with van der Waals surface area (Å²) in [4.78, 5) is 26.5. The Bertz CT molecular complexity index is 1160. The van der Waals surface area contributed by atoms with E-state index in [4.69, 9.17) is 11.6 Å². The number of thiophene rings is 1. The van der Waals surface area contributed by atoms with E-state index in [1.54, 1.807) is 0 Å². The summed E-state index contributed by atoms with van der Waals surface area (Å²) in [6.07, 6.45) is 2.36. The van der Waals surface area contributed by atoms with Crippen molar-refractivity contribution in [2.45, 2.75) is 20.3 Å². The minimum absolute atomic E-state index is 0.121. The number of H-pyrrole nitrogens is 1. The van der Waals surface area contributed by atoms with Crippen LogP contribution in [0.2, 0.25) is 5.02 Å². The lowest BCUT2D eigenvalue weighted by molar-refractivity contribution is 0.966. The number of hydrogen-bond donors (Lipinski definition) is 1. The molecule has 0 amide bonds. The molecule has 130 valence electrons. The Labute approximate surface area is 159 Å². The third kappa shape index (κ3) is 3.16. The van der Waals surface area contributed by atoms with Gasteiger partial charge in [-0.25, -0.2) is 4.98 Å². The van der Waals surface area contributed by atoms with Gasteiger partial charge in [-0.05, 0) is 43.2 Å². The number of rotatable bonds is 3. The average molecular weight is 382 g/mol. The molecule has 0 aliphatic carbocycles. The van der Waals surface area contributed by atoms with E-state index in [-0.39, 0.29) is 5.56 Å². The molecule has 0 aliphatic rings. The van der Waals surface area contributed by atoms with Crippen LogP contribution in [0.3, 0.4) is 0 Å². The summed E-state index contributed by atoms with van der Waals surface area (Å²) in [6.45, 7) is 3.95. The third-order valence-corrected chi connectivity index (χ3v) is 5.48. The van der Waals surface area contributed by atoms with Gasteiger partial charge in [0.1, 0.15) is 10.7 Å². The second kappa shape index (κ2) is 6.67. The normalized spacial score (nSPS) is 11.2. The molecule has 6 heteroatoms. The van der Waals surface area contributed by atoms with Crippen molar-refractivity contribution in [2.24, 2.45) is 0 Å². The topological polar surface area (TPSA) is 58.6 Å². The van der Waals surface area contributed by atoms with E-state index >= 15 is 0 Å². The second-order valence-corrected chi connectivity index (χ2v) is 7.86. The smallest absolute Gasteiger partial charge is 0.260 e. The maximum absolute atomic E-state index is 12.8. The predicted octanol–water partition coefficient (Wildman–Crippen LogP) is 4.91. The van der Waals surface area contributed by atoms with Crippen LogP contribution in [0.4, 0.5) is 0 Å². The minimum Gasteiger partial charge on any atom is -0.310 e. The molecule has 0 bridgehead atoms. The van der Waals surface area contributed by atoms with Crippen molar-refractivity contribution in [2.75, 3.05) is 0 Å². The lowest BCUT2D eigenvalue weighted by atomic mass is 10.0. The fourth-order valence-electron chi connectivity index (χ4n) is 3.04. The van der Waals surface area contributed by atoms with Crippen LogP contribution in [0.25, 0.3) is 21.3 Å². The number of pyridine rings is 1. The standard InChI is InChI=1S/C20H16ClN3OS/c1-11-6-7-13(10-22-11)8-16-23-19(25)18-17(12(2)26-20(18)24-16)14-4-3-5-15(21)9-14/h3-7,9-10H,8H2,1-2H3,(H,23,24,25). The summed E-state index contributed by atoms with van der Waals surface area (Å²) in [6, 6.07) is 11.5. The first-order valence-electron chi connectivity index (χ1n) is 8.21. The summed E-state index contributed by atoms with van der Waals surface area (Å²) in [5.41, 5.74) is 3.70. The molecule has 0 aliphatic heterocycles. The molecule has 26 heavy (non-hydrogen) atoms. The van der Waals surface area contributed by atoms with Gasteiger partial charge < -0.3 is 4.98 Å². The highest BCUT2D eigenvalue weighted by Crippen LogP contribution is 2.36. The van der Waals surface area contributed by atoms with E-state index in [2.05, 4.69) is 15.0 Å².